The van der Waals surface area contributed by atoms with E-state index in [2.05, 4.69) is 36.4 Å². The molecule has 0 aliphatic heterocycles. The van der Waals surface area contributed by atoms with E-state index in [1.54, 1.807) is 0 Å². The maximum absolute atomic E-state index is 5.81. The van der Waals surface area contributed by atoms with Gasteiger partial charge in [0.25, 0.3) is 0 Å². The summed E-state index contributed by atoms with van der Waals surface area (Å²) >= 11 is 0. The van der Waals surface area contributed by atoms with Gasteiger partial charge < -0.3 is 0 Å². The van der Waals surface area contributed by atoms with Crippen LogP contribution >= 0.6 is 0 Å². The molecule has 1 aromatic rings. The largest absolute Gasteiger partial charge is 0.271 e. The fourth-order valence-corrected chi connectivity index (χ4v) is 3.36. The lowest BCUT2D eigenvalue weighted by molar-refractivity contribution is 0.0982. The Kier molecular flexibility index (Phi) is 4.36. The summed E-state index contributed by atoms with van der Waals surface area (Å²) < 4.78 is 0. The van der Waals surface area contributed by atoms with Crippen LogP contribution in [-0.2, 0) is 6.42 Å². The standard InChI is InChI=1S/C15H25N3/c1-15(2)8-4-3-5-13(15)14(18-16)11-12-6-9-17-10-7-12/h6-7,9-10,13-14,18H,3-5,8,11,16H2,1-2H3. The lowest BCUT2D eigenvalue weighted by Crippen LogP contribution is -2.48. The van der Waals surface area contributed by atoms with Crippen LogP contribution in [0.1, 0.15) is 45.1 Å². The number of nitrogens with one attached hydrogen (secondary N) is 1. The van der Waals surface area contributed by atoms with Gasteiger partial charge in [-0.15, -0.1) is 0 Å². The van der Waals surface area contributed by atoms with Crippen molar-refractivity contribution < 1.29 is 0 Å². The molecule has 0 spiro atoms. The second-order valence-corrected chi connectivity index (χ2v) is 6.17. The van der Waals surface area contributed by atoms with Gasteiger partial charge in [-0.3, -0.25) is 16.3 Å². The number of aromatic nitrogens is 1. The second-order valence-electron chi connectivity index (χ2n) is 6.17. The van der Waals surface area contributed by atoms with Gasteiger partial charge in [0.1, 0.15) is 0 Å². The predicted octanol–water partition coefficient (Wildman–Crippen LogP) is 2.67. The fourth-order valence-electron chi connectivity index (χ4n) is 3.36. The van der Waals surface area contributed by atoms with Gasteiger partial charge in [0, 0.05) is 18.4 Å². The van der Waals surface area contributed by atoms with Gasteiger partial charge in [-0.25, -0.2) is 0 Å². The maximum Gasteiger partial charge on any atom is 0.0284 e. The van der Waals surface area contributed by atoms with Gasteiger partial charge in [-0.05, 0) is 48.3 Å². The molecule has 100 valence electrons. The highest BCUT2D eigenvalue weighted by Crippen LogP contribution is 2.42. The normalized spacial score (nSPS) is 24.7. The average Bonchev–Trinajstić information content (AvgIpc) is 2.37. The molecule has 3 heteroatoms. The average molecular weight is 247 g/mol. The molecule has 1 aromatic heterocycles. The van der Waals surface area contributed by atoms with E-state index >= 15 is 0 Å². The molecule has 2 unspecified atom stereocenters. The first-order valence-corrected chi connectivity index (χ1v) is 6.98. The molecule has 0 amide bonds. The lowest BCUT2D eigenvalue weighted by atomic mass is 9.65. The van der Waals surface area contributed by atoms with E-state index in [0.29, 0.717) is 17.4 Å². The molecule has 2 atom stereocenters. The van der Waals surface area contributed by atoms with Crippen LogP contribution in [-0.4, -0.2) is 11.0 Å². The van der Waals surface area contributed by atoms with Gasteiger partial charge in [-0.1, -0.05) is 26.7 Å². The summed E-state index contributed by atoms with van der Waals surface area (Å²) in [7, 11) is 0. The first kappa shape index (κ1) is 13.5. The van der Waals surface area contributed by atoms with E-state index in [-0.39, 0.29) is 0 Å². The molecule has 1 aliphatic carbocycles. The highest BCUT2D eigenvalue weighted by molar-refractivity contribution is 5.12. The monoisotopic (exact) mass is 247 g/mol. The molecule has 1 fully saturated rings. The Hall–Kier alpha value is -0.930. The smallest absolute Gasteiger partial charge is 0.0284 e. The zero-order chi connectivity index (χ0) is 13.0. The highest BCUT2D eigenvalue weighted by Gasteiger charge is 2.36. The topological polar surface area (TPSA) is 50.9 Å². The van der Waals surface area contributed by atoms with Crippen LogP contribution in [0.4, 0.5) is 0 Å². The third-order valence-electron chi connectivity index (χ3n) is 4.49. The van der Waals surface area contributed by atoms with Crippen molar-refractivity contribution in [1.29, 1.82) is 0 Å². The molecule has 2 rings (SSSR count). The molecule has 1 heterocycles. The summed E-state index contributed by atoms with van der Waals surface area (Å²) in [5, 5.41) is 0. The van der Waals surface area contributed by atoms with Crippen molar-refractivity contribution in [2.75, 3.05) is 0 Å². The lowest BCUT2D eigenvalue weighted by Gasteiger charge is -2.43. The predicted molar refractivity (Wildman–Crippen MR) is 74.8 cm³/mol. The molecular formula is C15H25N3. The summed E-state index contributed by atoms with van der Waals surface area (Å²) in [5.74, 6) is 6.46. The number of nitrogens with zero attached hydrogens (tertiary/aromatic N) is 1. The number of pyridine rings is 1. The number of hydrogen-bond acceptors (Lipinski definition) is 3. The van der Waals surface area contributed by atoms with E-state index < -0.39 is 0 Å². The van der Waals surface area contributed by atoms with Gasteiger partial charge in [-0.2, -0.15) is 0 Å². The summed E-state index contributed by atoms with van der Waals surface area (Å²) in [6, 6.07) is 4.53. The van der Waals surface area contributed by atoms with E-state index in [1.165, 1.54) is 31.2 Å². The van der Waals surface area contributed by atoms with Gasteiger partial charge in [0.15, 0.2) is 0 Å². The summed E-state index contributed by atoms with van der Waals surface area (Å²) in [5.41, 5.74) is 4.76. The Bertz CT molecular complexity index is 361. The number of hydrogen-bond donors (Lipinski definition) is 2. The molecule has 3 nitrogen and oxygen atoms in total. The van der Waals surface area contributed by atoms with Crippen molar-refractivity contribution in [3.63, 3.8) is 0 Å². The van der Waals surface area contributed by atoms with Crippen molar-refractivity contribution >= 4 is 0 Å². The molecule has 0 radical (unpaired) electrons. The summed E-state index contributed by atoms with van der Waals surface area (Å²) in [6.45, 7) is 4.77. The molecule has 0 saturated heterocycles. The van der Waals surface area contributed by atoms with Gasteiger partial charge >= 0.3 is 0 Å². The molecular weight excluding hydrogens is 222 g/mol. The Morgan fingerprint density at radius 1 is 1.39 bits per heavy atom. The van der Waals surface area contributed by atoms with Crippen molar-refractivity contribution in [2.45, 2.75) is 52.0 Å². The van der Waals surface area contributed by atoms with E-state index in [0.717, 1.165) is 6.42 Å². The highest BCUT2D eigenvalue weighted by atomic mass is 15.2. The van der Waals surface area contributed by atoms with Crippen LogP contribution in [0.15, 0.2) is 24.5 Å². The zero-order valence-corrected chi connectivity index (χ0v) is 11.5. The number of rotatable bonds is 4. The fraction of sp³-hybridized carbons (Fsp3) is 0.667. The van der Waals surface area contributed by atoms with Crippen LogP contribution in [0.25, 0.3) is 0 Å². The molecule has 1 saturated carbocycles. The summed E-state index contributed by atoms with van der Waals surface area (Å²) in [4.78, 5) is 4.07. The molecule has 0 bridgehead atoms. The van der Waals surface area contributed by atoms with Crippen LogP contribution in [0.3, 0.4) is 0 Å². The van der Waals surface area contributed by atoms with Crippen LogP contribution in [0.5, 0.6) is 0 Å². The van der Waals surface area contributed by atoms with Gasteiger partial charge in [0.05, 0.1) is 0 Å². The Morgan fingerprint density at radius 2 is 2.11 bits per heavy atom. The Balaban J connectivity index is 2.08. The van der Waals surface area contributed by atoms with E-state index in [9.17, 15) is 0 Å². The molecule has 3 N–H and O–H groups in total. The van der Waals surface area contributed by atoms with Crippen molar-refractivity contribution in [1.82, 2.24) is 10.4 Å². The first-order chi connectivity index (χ1) is 8.63. The van der Waals surface area contributed by atoms with Crippen LogP contribution < -0.4 is 11.3 Å². The molecule has 0 aromatic carbocycles. The minimum Gasteiger partial charge on any atom is -0.271 e. The zero-order valence-electron chi connectivity index (χ0n) is 11.5. The third kappa shape index (κ3) is 3.09. The first-order valence-electron chi connectivity index (χ1n) is 6.98. The van der Waals surface area contributed by atoms with Crippen molar-refractivity contribution in [2.24, 2.45) is 17.2 Å². The minimum absolute atomic E-state index is 0.364. The maximum atomic E-state index is 5.81. The van der Waals surface area contributed by atoms with Crippen molar-refractivity contribution in [3.05, 3.63) is 30.1 Å². The van der Waals surface area contributed by atoms with Gasteiger partial charge in [0.2, 0.25) is 0 Å². The van der Waals surface area contributed by atoms with Crippen LogP contribution in [0.2, 0.25) is 0 Å². The SMILES string of the molecule is CC1(C)CCCCC1C(Cc1ccncc1)NN. The Labute approximate surface area is 110 Å². The quantitative estimate of drug-likeness (QED) is 0.635. The van der Waals surface area contributed by atoms with Crippen molar-refractivity contribution in [3.8, 4) is 0 Å². The third-order valence-corrected chi connectivity index (χ3v) is 4.49. The molecule has 18 heavy (non-hydrogen) atoms. The number of nitrogens with two attached hydrogens (primary N) is 1. The minimum atomic E-state index is 0.364. The summed E-state index contributed by atoms with van der Waals surface area (Å²) in [6.07, 6.45) is 9.99. The second kappa shape index (κ2) is 5.81. The number of hydrazine groups is 1. The Morgan fingerprint density at radius 3 is 2.72 bits per heavy atom. The van der Waals surface area contributed by atoms with E-state index in [1.807, 2.05) is 12.4 Å². The molecule has 1 aliphatic rings. The van der Waals surface area contributed by atoms with E-state index in [4.69, 9.17) is 5.84 Å². The van der Waals surface area contributed by atoms with Crippen LogP contribution in [0, 0.1) is 11.3 Å².